The van der Waals surface area contributed by atoms with E-state index in [1.165, 1.54) is 6.08 Å². The molecular formula is C14H13N3O4. The summed E-state index contributed by atoms with van der Waals surface area (Å²) in [5.74, 6) is -1.08. The first-order valence-electron chi connectivity index (χ1n) is 6.05. The Bertz CT molecular complexity index is 664. The summed E-state index contributed by atoms with van der Waals surface area (Å²) in [7, 11) is 0. The van der Waals surface area contributed by atoms with E-state index in [0.29, 0.717) is 11.1 Å². The molecule has 0 atom stereocenters. The van der Waals surface area contributed by atoms with Gasteiger partial charge in [0.25, 0.3) is 0 Å². The van der Waals surface area contributed by atoms with Gasteiger partial charge in [-0.1, -0.05) is 43.0 Å². The average Bonchev–Trinajstić information content (AvgIpc) is 2.89. The van der Waals surface area contributed by atoms with Crippen LogP contribution in [0.5, 0.6) is 0 Å². The Morgan fingerprint density at radius 1 is 1.38 bits per heavy atom. The van der Waals surface area contributed by atoms with Crippen LogP contribution in [0, 0.1) is 0 Å². The molecule has 0 aliphatic heterocycles. The molecule has 108 valence electrons. The van der Waals surface area contributed by atoms with Gasteiger partial charge in [0, 0.05) is 0 Å². The SMILES string of the molecule is C=CCOC(=O)Nc1n[nH]c(C(=O)O)c1-c1ccccc1. The topological polar surface area (TPSA) is 104 Å². The molecule has 0 saturated heterocycles. The number of hydrogen-bond acceptors (Lipinski definition) is 4. The zero-order valence-corrected chi connectivity index (χ0v) is 11.0. The fourth-order valence-corrected chi connectivity index (χ4v) is 1.74. The number of rotatable bonds is 5. The molecule has 0 radical (unpaired) electrons. The van der Waals surface area contributed by atoms with E-state index in [0.717, 1.165) is 0 Å². The molecule has 1 aromatic carbocycles. The molecule has 1 amide bonds. The summed E-state index contributed by atoms with van der Waals surface area (Å²) >= 11 is 0. The van der Waals surface area contributed by atoms with Gasteiger partial charge in [0.15, 0.2) is 11.5 Å². The third-order valence-electron chi connectivity index (χ3n) is 2.60. The molecule has 0 fully saturated rings. The summed E-state index contributed by atoms with van der Waals surface area (Å²) in [6.45, 7) is 3.47. The van der Waals surface area contributed by atoms with Crippen molar-refractivity contribution in [3.8, 4) is 11.1 Å². The highest BCUT2D eigenvalue weighted by atomic mass is 16.5. The lowest BCUT2D eigenvalue weighted by Gasteiger charge is -2.06. The van der Waals surface area contributed by atoms with E-state index in [1.807, 2.05) is 0 Å². The molecular weight excluding hydrogens is 274 g/mol. The summed E-state index contributed by atoms with van der Waals surface area (Å²) in [5.41, 5.74) is 0.793. The van der Waals surface area contributed by atoms with E-state index >= 15 is 0 Å². The van der Waals surface area contributed by atoms with Crippen molar-refractivity contribution in [3.63, 3.8) is 0 Å². The Kier molecular flexibility index (Phi) is 4.35. The third-order valence-corrected chi connectivity index (χ3v) is 2.60. The molecule has 0 unspecified atom stereocenters. The van der Waals surface area contributed by atoms with Gasteiger partial charge in [-0.15, -0.1) is 0 Å². The van der Waals surface area contributed by atoms with Gasteiger partial charge in [-0.3, -0.25) is 10.4 Å². The lowest BCUT2D eigenvalue weighted by molar-refractivity contribution is 0.0691. The molecule has 1 heterocycles. The number of hydrogen-bond donors (Lipinski definition) is 3. The van der Waals surface area contributed by atoms with Crippen LogP contribution in [0.25, 0.3) is 11.1 Å². The van der Waals surface area contributed by atoms with Gasteiger partial charge in [0.05, 0.1) is 5.56 Å². The summed E-state index contributed by atoms with van der Waals surface area (Å²) in [6.07, 6.45) is 0.681. The zero-order valence-electron chi connectivity index (χ0n) is 11.0. The number of carboxylic acid groups (broad SMARTS) is 1. The van der Waals surface area contributed by atoms with Crippen molar-refractivity contribution in [2.75, 3.05) is 11.9 Å². The van der Waals surface area contributed by atoms with Crippen molar-refractivity contribution in [2.24, 2.45) is 0 Å². The number of aromatic carboxylic acids is 1. The molecule has 1 aromatic heterocycles. The molecule has 2 rings (SSSR count). The standard InChI is InChI=1S/C14H13N3O4/c1-2-8-21-14(20)15-12-10(9-6-4-3-5-7-9)11(13(18)19)16-17-12/h2-7H,1,8H2,(H,18,19)(H2,15,16,17,20). The van der Waals surface area contributed by atoms with Crippen molar-refractivity contribution < 1.29 is 19.4 Å². The maximum absolute atomic E-state index is 11.6. The first-order chi connectivity index (χ1) is 10.1. The summed E-state index contributed by atoms with van der Waals surface area (Å²) in [6, 6.07) is 8.76. The molecule has 0 saturated carbocycles. The van der Waals surface area contributed by atoms with Crippen molar-refractivity contribution in [1.82, 2.24) is 10.2 Å². The molecule has 3 N–H and O–H groups in total. The summed E-state index contributed by atoms with van der Waals surface area (Å²) in [4.78, 5) is 22.8. The van der Waals surface area contributed by atoms with Crippen molar-refractivity contribution in [3.05, 3.63) is 48.7 Å². The molecule has 0 spiro atoms. The van der Waals surface area contributed by atoms with E-state index in [4.69, 9.17) is 4.74 Å². The Balaban J connectivity index is 2.36. The number of ether oxygens (including phenoxy) is 1. The number of carboxylic acids is 1. The van der Waals surface area contributed by atoms with Crippen LogP contribution >= 0.6 is 0 Å². The van der Waals surface area contributed by atoms with Crippen LogP contribution in [0.2, 0.25) is 0 Å². The minimum atomic E-state index is -1.17. The van der Waals surface area contributed by atoms with Crippen LogP contribution in [0.4, 0.5) is 10.6 Å². The normalized spacial score (nSPS) is 9.90. The second-order valence-corrected chi connectivity index (χ2v) is 4.01. The number of H-pyrrole nitrogens is 1. The maximum atomic E-state index is 11.6. The van der Waals surface area contributed by atoms with Crippen LogP contribution in [0.3, 0.4) is 0 Å². The molecule has 7 nitrogen and oxygen atoms in total. The van der Waals surface area contributed by atoms with Crippen molar-refractivity contribution in [2.45, 2.75) is 0 Å². The van der Waals surface area contributed by atoms with Gasteiger partial charge in [-0.05, 0) is 5.56 Å². The van der Waals surface area contributed by atoms with E-state index in [-0.39, 0.29) is 18.1 Å². The summed E-state index contributed by atoms with van der Waals surface area (Å²) < 4.78 is 4.79. The first kappa shape index (κ1) is 14.3. The average molecular weight is 287 g/mol. The molecule has 2 aromatic rings. The van der Waals surface area contributed by atoms with Gasteiger partial charge >= 0.3 is 12.1 Å². The molecule has 21 heavy (non-hydrogen) atoms. The quantitative estimate of drug-likeness (QED) is 0.733. The lowest BCUT2D eigenvalue weighted by Crippen LogP contribution is -2.14. The smallest absolute Gasteiger partial charge is 0.413 e. The Labute approximate surface area is 120 Å². The second-order valence-electron chi connectivity index (χ2n) is 4.01. The molecule has 7 heteroatoms. The van der Waals surface area contributed by atoms with Crippen molar-refractivity contribution >= 4 is 17.9 Å². The Morgan fingerprint density at radius 3 is 2.71 bits per heavy atom. The zero-order chi connectivity index (χ0) is 15.2. The molecule has 0 aliphatic rings. The van der Waals surface area contributed by atoms with Crippen LogP contribution in [-0.4, -0.2) is 34.0 Å². The van der Waals surface area contributed by atoms with Gasteiger partial charge < -0.3 is 9.84 Å². The largest absolute Gasteiger partial charge is 0.477 e. The van der Waals surface area contributed by atoms with Crippen LogP contribution < -0.4 is 5.32 Å². The second kappa shape index (κ2) is 6.38. The number of aromatic nitrogens is 2. The maximum Gasteiger partial charge on any atom is 0.413 e. The number of nitrogens with one attached hydrogen (secondary N) is 2. The fourth-order valence-electron chi connectivity index (χ4n) is 1.74. The van der Waals surface area contributed by atoms with Gasteiger partial charge in [-0.2, -0.15) is 5.10 Å². The predicted molar refractivity (Wildman–Crippen MR) is 76.2 cm³/mol. The van der Waals surface area contributed by atoms with Crippen LogP contribution in [-0.2, 0) is 4.74 Å². The van der Waals surface area contributed by atoms with E-state index in [2.05, 4.69) is 22.1 Å². The first-order valence-corrected chi connectivity index (χ1v) is 6.05. The number of aromatic amines is 1. The monoisotopic (exact) mass is 287 g/mol. The van der Waals surface area contributed by atoms with E-state index in [9.17, 15) is 14.7 Å². The van der Waals surface area contributed by atoms with Crippen molar-refractivity contribution in [1.29, 1.82) is 0 Å². The molecule has 0 aliphatic carbocycles. The number of amides is 1. The minimum Gasteiger partial charge on any atom is -0.477 e. The number of anilines is 1. The van der Waals surface area contributed by atoms with E-state index in [1.54, 1.807) is 30.3 Å². The van der Waals surface area contributed by atoms with Gasteiger partial charge in [0.1, 0.15) is 6.61 Å². The van der Waals surface area contributed by atoms with E-state index < -0.39 is 12.1 Å². The predicted octanol–water partition coefficient (Wildman–Crippen LogP) is 2.51. The number of carbonyl (C=O) groups is 2. The number of benzene rings is 1. The number of nitrogens with zero attached hydrogens (tertiary/aromatic N) is 1. The highest BCUT2D eigenvalue weighted by Crippen LogP contribution is 2.29. The third kappa shape index (κ3) is 3.27. The highest BCUT2D eigenvalue weighted by molar-refractivity contribution is 6.00. The van der Waals surface area contributed by atoms with Gasteiger partial charge in [0.2, 0.25) is 0 Å². The van der Waals surface area contributed by atoms with Gasteiger partial charge in [-0.25, -0.2) is 9.59 Å². The Morgan fingerprint density at radius 2 is 2.10 bits per heavy atom. The number of carbonyl (C=O) groups excluding carboxylic acids is 1. The Hall–Kier alpha value is -3.09. The fraction of sp³-hybridized carbons (Fsp3) is 0.0714. The highest BCUT2D eigenvalue weighted by Gasteiger charge is 2.21. The molecule has 0 bridgehead atoms. The lowest BCUT2D eigenvalue weighted by atomic mass is 10.1. The summed E-state index contributed by atoms with van der Waals surface area (Å²) in [5, 5.41) is 17.8. The van der Waals surface area contributed by atoms with Crippen LogP contribution in [0.1, 0.15) is 10.5 Å². The minimum absolute atomic E-state index is 0.0444. The van der Waals surface area contributed by atoms with Crippen LogP contribution in [0.15, 0.2) is 43.0 Å².